The molecule has 2 aromatic rings. The summed E-state index contributed by atoms with van der Waals surface area (Å²) in [7, 11) is 1.68. The van der Waals surface area contributed by atoms with Gasteiger partial charge in [0.05, 0.1) is 13.2 Å². The minimum absolute atomic E-state index is 0.0280. The van der Waals surface area contributed by atoms with Gasteiger partial charge in [0.2, 0.25) is 0 Å². The summed E-state index contributed by atoms with van der Waals surface area (Å²) in [6.07, 6.45) is 2.12. The molecule has 1 aliphatic rings. The van der Waals surface area contributed by atoms with E-state index in [1.165, 1.54) is 16.3 Å². The first-order valence-corrected chi connectivity index (χ1v) is 6.73. The zero-order valence-electron chi connectivity index (χ0n) is 11.1. The molecule has 1 saturated heterocycles. The predicted octanol–water partition coefficient (Wildman–Crippen LogP) is 3.03. The van der Waals surface area contributed by atoms with Crippen molar-refractivity contribution in [3.05, 3.63) is 42.0 Å². The second-order valence-electron chi connectivity index (χ2n) is 5.07. The van der Waals surface area contributed by atoms with Crippen LogP contribution in [-0.4, -0.2) is 19.8 Å². The molecule has 3 nitrogen and oxygen atoms in total. The minimum atomic E-state index is 0.0280. The fourth-order valence-corrected chi connectivity index (χ4v) is 2.69. The molecule has 0 aliphatic carbocycles. The van der Waals surface area contributed by atoms with E-state index in [-0.39, 0.29) is 12.1 Å². The molecule has 0 amide bonds. The van der Waals surface area contributed by atoms with Crippen LogP contribution >= 0.6 is 0 Å². The SMILES string of the molecule is COc1ccc2cc(C3OCCCC3N)ccc2c1. The van der Waals surface area contributed by atoms with Crippen molar-refractivity contribution >= 4 is 10.8 Å². The van der Waals surface area contributed by atoms with Gasteiger partial charge in [-0.05, 0) is 47.4 Å². The number of hydrogen-bond donors (Lipinski definition) is 1. The van der Waals surface area contributed by atoms with Crippen molar-refractivity contribution in [2.24, 2.45) is 5.73 Å². The normalized spacial score (nSPS) is 23.5. The van der Waals surface area contributed by atoms with Gasteiger partial charge in [-0.25, -0.2) is 0 Å². The summed E-state index contributed by atoms with van der Waals surface area (Å²) in [4.78, 5) is 0. The van der Waals surface area contributed by atoms with Gasteiger partial charge in [0.15, 0.2) is 0 Å². The van der Waals surface area contributed by atoms with E-state index in [1.54, 1.807) is 7.11 Å². The van der Waals surface area contributed by atoms with Crippen LogP contribution in [0.15, 0.2) is 36.4 Å². The smallest absolute Gasteiger partial charge is 0.119 e. The van der Waals surface area contributed by atoms with Crippen LogP contribution in [0.4, 0.5) is 0 Å². The highest BCUT2D eigenvalue weighted by molar-refractivity contribution is 5.84. The van der Waals surface area contributed by atoms with E-state index in [0.717, 1.165) is 25.2 Å². The molecule has 1 fully saturated rings. The molecule has 0 bridgehead atoms. The van der Waals surface area contributed by atoms with Gasteiger partial charge in [0.1, 0.15) is 5.75 Å². The zero-order valence-corrected chi connectivity index (χ0v) is 11.1. The molecule has 2 atom stereocenters. The van der Waals surface area contributed by atoms with Gasteiger partial charge >= 0.3 is 0 Å². The molecule has 100 valence electrons. The first-order valence-electron chi connectivity index (χ1n) is 6.73. The van der Waals surface area contributed by atoms with E-state index >= 15 is 0 Å². The number of methoxy groups -OCH3 is 1. The lowest BCUT2D eigenvalue weighted by molar-refractivity contribution is 0.000223. The average molecular weight is 257 g/mol. The lowest BCUT2D eigenvalue weighted by atomic mass is 9.95. The number of rotatable bonds is 2. The molecule has 3 rings (SSSR count). The minimum Gasteiger partial charge on any atom is -0.497 e. The van der Waals surface area contributed by atoms with Crippen LogP contribution in [0.5, 0.6) is 5.75 Å². The van der Waals surface area contributed by atoms with Crippen molar-refractivity contribution in [2.75, 3.05) is 13.7 Å². The Morgan fingerprint density at radius 2 is 1.95 bits per heavy atom. The first kappa shape index (κ1) is 12.5. The monoisotopic (exact) mass is 257 g/mol. The van der Waals surface area contributed by atoms with E-state index in [1.807, 2.05) is 12.1 Å². The molecule has 0 saturated carbocycles. The predicted molar refractivity (Wildman–Crippen MR) is 76.4 cm³/mol. The molecule has 2 aromatic carbocycles. The second kappa shape index (κ2) is 5.19. The van der Waals surface area contributed by atoms with E-state index in [2.05, 4.69) is 24.3 Å². The Bertz CT molecular complexity index is 582. The Labute approximate surface area is 113 Å². The van der Waals surface area contributed by atoms with Gasteiger partial charge in [-0.1, -0.05) is 18.2 Å². The van der Waals surface area contributed by atoms with Gasteiger partial charge in [-0.3, -0.25) is 0 Å². The Balaban J connectivity index is 1.97. The van der Waals surface area contributed by atoms with Crippen LogP contribution in [-0.2, 0) is 4.74 Å². The summed E-state index contributed by atoms with van der Waals surface area (Å²) < 4.78 is 11.1. The highest BCUT2D eigenvalue weighted by Gasteiger charge is 2.24. The first-order chi connectivity index (χ1) is 9.28. The van der Waals surface area contributed by atoms with Gasteiger partial charge < -0.3 is 15.2 Å². The van der Waals surface area contributed by atoms with Crippen molar-refractivity contribution in [1.82, 2.24) is 0 Å². The van der Waals surface area contributed by atoms with Crippen LogP contribution in [0.1, 0.15) is 24.5 Å². The zero-order chi connectivity index (χ0) is 13.2. The van der Waals surface area contributed by atoms with Crippen LogP contribution in [0.25, 0.3) is 10.8 Å². The maximum absolute atomic E-state index is 6.16. The topological polar surface area (TPSA) is 44.5 Å². The largest absolute Gasteiger partial charge is 0.497 e. The highest BCUT2D eigenvalue weighted by atomic mass is 16.5. The van der Waals surface area contributed by atoms with Crippen LogP contribution < -0.4 is 10.5 Å². The Hall–Kier alpha value is -1.58. The van der Waals surface area contributed by atoms with Crippen molar-refractivity contribution < 1.29 is 9.47 Å². The van der Waals surface area contributed by atoms with Gasteiger partial charge in [-0.2, -0.15) is 0 Å². The molecule has 3 heteroatoms. The second-order valence-corrected chi connectivity index (χ2v) is 5.07. The van der Waals surface area contributed by atoms with Gasteiger partial charge in [0.25, 0.3) is 0 Å². The van der Waals surface area contributed by atoms with E-state index in [9.17, 15) is 0 Å². The number of nitrogens with two attached hydrogens (primary N) is 1. The lowest BCUT2D eigenvalue weighted by Crippen LogP contribution is -2.34. The average Bonchev–Trinajstić information content (AvgIpc) is 2.46. The van der Waals surface area contributed by atoms with E-state index in [0.29, 0.717) is 0 Å². The summed E-state index contributed by atoms with van der Waals surface area (Å²) in [6.45, 7) is 0.805. The van der Waals surface area contributed by atoms with Crippen molar-refractivity contribution in [3.8, 4) is 5.75 Å². The maximum atomic E-state index is 6.16. The summed E-state index contributed by atoms with van der Waals surface area (Å²) in [5.74, 6) is 0.880. The number of benzene rings is 2. The number of hydrogen-bond acceptors (Lipinski definition) is 3. The van der Waals surface area contributed by atoms with Crippen molar-refractivity contribution in [1.29, 1.82) is 0 Å². The molecule has 2 unspecified atom stereocenters. The molecule has 0 aromatic heterocycles. The van der Waals surface area contributed by atoms with E-state index < -0.39 is 0 Å². The standard InChI is InChI=1S/C16H19NO2/c1-18-14-7-6-11-9-13(5-4-12(11)10-14)16-15(17)3-2-8-19-16/h4-7,9-10,15-16H,2-3,8,17H2,1H3. The van der Waals surface area contributed by atoms with Crippen LogP contribution in [0.2, 0.25) is 0 Å². The molecular weight excluding hydrogens is 238 g/mol. The third-order valence-electron chi connectivity index (χ3n) is 3.77. The van der Waals surface area contributed by atoms with Crippen molar-refractivity contribution in [3.63, 3.8) is 0 Å². The molecule has 1 heterocycles. The van der Waals surface area contributed by atoms with Crippen LogP contribution in [0.3, 0.4) is 0 Å². The summed E-state index contributed by atoms with van der Waals surface area (Å²) >= 11 is 0. The number of fused-ring (bicyclic) bond motifs is 1. The molecule has 1 aliphatic heterocycles. The molecule has 0 spiro atoms. The van der Waals surface area contributed by atoms with E-state index in [4.69, 9.17) is 15.2 Å². The fourth-order valence-electron chi connectivity index (χ4n) is 2.69. The Morgan fingerprint density at radius 1 is 1.16 bits per heavy atom. The molecular formula is C16H19NO2. The molecule has 19 heavy (non-hydrogen) atoms. The van der Waals surface area contributed by atoms with Crippen molar-refractivity contribution in [2.45, 2.75) is 25.0 Å². The third kappa shape index (κ3) is 2.44. The highest BCUT2D eigenvalue weighted by Crippen LogP contribution is 2.30. The summed E-state index contributed by atoms with van der Waals surface area (Å²) in [6, 6.07) is 12.6. The Morgan fingerprint density at radius 3 is 2.74 bits per heavy atom. The van der Waals surface area contributed by atoms with Crippen LogP contribution in [0, 0.1) is 0 Å². The quantitative estimate of drug-likeness (QED) is 0.899. The van der Waals surface area contributed by atoms with Gasteiger partial charge in [0, 0.05) is 12.6 Å². The third-order valence-corrected chi connectivity index (χ3v) is 3.77. The Kier molecular flexibility index (Phi) is 3.40. The molecule has 0 radical (unpaired) electrons. The lowest BCUT2D eigenvalue weighted by Gasteiger charge is -2.29. The number of ether oxygens (including phenoxy) is 2. The summed E-state index contributed by atoms with van der Waals surface area (Å²) in [5.41, 5.74) is 7.33. The van der Waals surface area contributed by atoms with Gasteiger partial charge in [-0.15, -0.1) is 0 Å². The maximum Gasteiger partial charge on any atom is 0.119 e. The molecule has 2 N–H and O–H groups in total. The fraction of sp³-hybridized carbons (Fsp3) is 0.375. The summed E-state index contributed by atoms with van der Waals surface area (Å²) in [5, 5.41) is 2.37.